The van der Waals surface area contributed by atoms with Crippen LogP contribution in [0.25, 0.3) is 0 Å². The van der Waals surface area contributed by atoms with E-state index in [4.69, 9.17) is 4.74 Å². The Kier molecular flexibility index (Phi) is 4.04. The first-order valence-electron chi connectivity index (χ1n) is 4.09. The van der Waals surface area contributed by atoms with Crippen LogP contribution in [0, 0.1) is 11.3 Å². The zero-order valence-corrected chi connectivity index (χ0v) is 8.22. The molecule has 0 heterocycles. The van der Waals surface area contributed by atoms with Crippen LogP contribution in [0.2, 0.25) is 0 Å². The molecule has 1 atom stereocenters. The van der Waals surface area contributed by atoms with E-state index >= 15 is 0 Å². The second-order valence-electron chi connectivity index (χ2n) is 4.11. The van der Waals surface area contributed by atoms with Gasteiger partial charge in [-0.3, -0.25) is 0 Å². The van der Waals surface area contributed by atoms with Crippen LogP contribution in [0.1, 0.15) is 27.7 Å². The molecule has 0 saturated carbocycles. The topological polar surface area (TPSA) is 29.5 Å². The number of methoxy groups -OCH3 is 1. The number of hydrogen-bond donors (Lipinski definition) is 1. The number of aliphatic hydroxyl groups excluding tert-OH is 1. The first kappa shape index (κ1) is 10.9. The highest BCUT2D eigenvalue weighted by Crippen LogP contribution is 2.25. The number of rotatable bonds is 4. The summed E-state index contributed by atoms with van der Waals surface area (Å²) in [5, 5.41) is 9.71. The zero-order valence-electron chi connectivity index (χ0n) is 8.22. The van der Waals surface area contributed by atoms with Crippen LogP contribution in [0.3, 0.4) is 0 Å². The van der Waals surface area contributed by atoms with E-state index in [9.17, 15) is 5.11 Å². The maximum Gasteiger partial charge on any atom is 0.0636 e. The molecule has 0 bridgehead atoms. The van der Waals surface area contributed by atoms with E-state index in [1.165, 1.54) is 0 Å². The molecule has 0 aromatic heterocycles. The Balaban J connectivity index is 4.05. The van der Waals surface area contributed by atoms with Gasteiger partial charge in [0.1, 0.15) is 0 Å². The van der Waals surface area contributed by atoms with Gasteiger partial charge in [0.05, 0.1) is 12.7 Å². The fraction of sp³-hybridized carbons (Fsp3) is 1.00. The molecule has 0 aliphatic rings. The molecule has 0 aromatic rings. The third-order valence-corrected chi connectivity index (χ3v) is 1.95. The Morgan fingerprint density at radius 1 is 1.36 bits per heavy atom. The summed E-state index contributed by atoms with van der Waals surface area (Å²) < 4.78 is 5.02. The Morgan fingerprint density at radius 2 is 1.82 bits per heavy atom. The van der Waals surface area contributed by atoms with E-state index in [0.717, 1.165) is 0 Å². The van der Waals surface area contributed by atoms with Gasteiger partial charge < -0.3 is 9.84 Å². The number of ether oxygens (including phenoxy) is 1. The molecule has 68 valence electrons. The Hall–Kier alpha value is -0.0800. The lowest BCUT2D eigenvalue weighted by atomic mass is 9.81. The molecular formula is C9H20O2. The normalized spacial score (nSPS) is 15.5. The minimum atomic E-state index is -0.289. The standard InChI is InChI=1S/C9H20O2/c1-7(2)8(10)9(3,4)6-11-5/h7-8,10H,6H2,1-5H3/t8-/m0/s1. The van der Waals surface area contributed by atoms with Gasteiger partial charge in [0.25, 0.3) is 0 Å². The molecule has 0 aromatic carbocycles. The van der Waals surface area contributed by atoms with Crippen molar-refractivity contribution in [3.05, 3.63) is 0 Å². The lowest BCUT2D eigenvalue weighted by Crippen LogP contribution is -2.37. The lowest BCUT2D eigenvalue weighted by Gasteiger charge is -2.32. The average molecular weight is 160 g/mol. The second-order valence-corrected chi connectivity index (χ2v) is 4.11. The van der Waals surface area contributed by atoms with E-state index in [2.05, 4.69) is 0 Å². The summed E-state index contributed by atoms with van der Waals surface area (Å²) in [4.78, 5) is 0. The third kappa shape index (κ3) is 3.21. The predicted octanol–water partition coefficient (Wildman–Crippen LogP) is 1.68. The van der Waals surface area contributed by atoms with Crippen molar-refractivity contribution in [3.8, 4) is 0 Å². The fourth-order valence-electron chi connectivity index (χ4n) is 1.36. The quantitative estimate of drug-likeness (QED) is 0.678. The summed E-state index contributed by atoms with van der Waals surface area (Å²) in [6.07, 6.45) is -0.289. The van der Waals surface area contributed by atoms with E-state index in [1.54, 1.807) is 7.11 Å². The van der Waals surface area contributed by atoms with Crippen molar-refractivity contribution in [2.75, 3.05) is 13.7 Å². The first-order valence-corrected chi connectivity index (χ1v) is 4.09. The van der Waals surface area contributed by atoms with Crippen LogP contribution in [-0.4, -0.2) is 24.9 Å². The largest absolute Gasteiger partial charge is 0.392 e. The highest BCUT2D eigenvalue weighted by Gasteiger charge is 2.29. The summed E-state index contributed by atoms with van der Waals surface area (Å²) in [6.45, 7) is 8.67. The van der Waals surface area contributed by atoms with E-state index < -0.39 is 0 Å². The van der Waals surface area contributed by atoms with Gasteiger partial charge in [0, 0.05) is 12.5 Å². The van der Waals surface area contributed by atoms with Crippen molar-refractivity contribution in [2.24, 2.45) is 11.3 Å². The smallest absolute Gasteiger partial charge is 0.0636 e. The third-order valence-electron chi connectivity index (χ3n) is 1.95. The molecule has 0 radical (unpaired) electrons. The van der Waals surface area contributed by atoms with Crippen LogP contribution >= 0.6 is 0 Å². The molecule has 2 heteroatoms. The Bertz CT molecular complexity index is 108. The highest BCUT2D eigenvalue weighted by atomic mass is 16.5. The molecule has 0 unspecified atom stereocenters. The summed E-state index contributed by atoms with van der Waals surface area (Å²) in [5.74, 6) is 0.292. The van der Waals surface area contributed by atoms with Gasteiger partial charge in [-0.1, -0.05) is 27.7 Å². The molecule has 0 aliphatic carbocycles. The van der Waals surface area contributed by atoms with Gasteiger partial charge in [-0.25, -0.2) is 0 Å². The van der Waals surface area contributed by atoms with Crippen molar-refractivity contribution in [1.29, 1.82) is 0 Å². The molecule has 0 aliphatic heterocycles. The van der Waals surface area contributed by atoms with Gasteiger partial charge in [-0.2, -0.15) is 0 Å². The van der Waals surface area contributed by atoms with Gasteiger partial charge in [0.15, 0.2) is 0 Å². The summed E-state index contributed by atoms with van der Waals surface area (Å²) in [5.41, 5.74) is -0.136. The molecule has 0 spiro atoms. The fourth-order valence-corrected chi connectivity index (χ4v) is 1.36. The maximum atomic E-state index is 9.71. The van der Waals surface area contributed by atoms with E-state index in [-0.39, 0.29) is 11.5 Å². The number of hydrogen-bond acceptors (Lipinski definition) is 2. The molecule has 1 N–H and O–H groups in total. The van der Waals surface area contributed by atoms with Crippen molar-refractivity contribution in [3.63, 3.8) is 0 Å². The van der Waals surface area contributed by atoms with Crippen LogP contribution in [0.4, 0.5) is 0 Å². The van der Waals surface area contributed by atoms with Gasteiger partial charge in [-0.05, 0) is 5.92 Å². The van der Waals surface area contributed by atoms with Gasteiger partial charge >= 0.3 is 0 Å². The predicted molar refractivity (Wildman–Crippen MR) is 46.5 cm³/mol. The molecule has 2 nitrogen and oxygen atoms in total. The van der Waals surface area contributed by atoms with Crippen molar-refractivity contribution >= 4 is 0 Å². The number of aliphatic hydroxyl groups is 1. The monoisotopic (exact) mass is 160 g/mol. The molecule has 11 heavy (non-hydrogen) atoms. The Morgan fingerprint density at radius 3 is 2.09 bits per heavy atom. The SMILES string of the molecule is COCC(C)(C)[C@@H](O)C(C)C. The molecule has 0 fully saturated rings. The second kappa shape index (κ2) is 4.07. The van der Waals surface area contributed by atoms with Crippen molar-refractivity contribution in [1.82, 2.24) is 0 Å². The minimum absolute atomic E-state index is 0.136. The van der Waals surface area contributed by atoms with Crippen molar-refractivity contribution < 1.29 is 9.84 Å². The average Bonchev–Trinajstić information content (AvgIpc) is 1.86. The lowest BCUT2D eigenvalue weighted by molar-refractivity contribution is -0.0325. The minimum Gasteiger partial charge on any atom is -0.392 e. The Labute approximate surface area is 69.6 Å². The van der Waals surface area contributed by atoms with Crippen molar-refractivity contribution in [2.45, 2.75) is 33.8 Å². The molecular weight excluding hydrogens is 140 g/mol. The summed E-state index contributed by atoms with van der Waals surface area (Å²) in [7, 11) is 1.66. The van der Waals surface area contributed by atoms with E-state index in [0.29, 0.717) is 12.5 Å². The summed E-state index contributed by atoms with van der Waals surface area (Å²) >= 11 is 0. The van der Waals surface area contributed by atoms with Crippen LogP contribution < -0.4 is 0 Å². The van der Waals surface area contributed by atoms with Crippen LogP contribution in [0.5, 0.6) is 0 Å². The van der Waals surface area contributed by atoms with Crippen LogP contribution in [0.15, 0.2) is 0 Å². The highest BCUT2D eigenvalue weighted by molar-refractivity contribution is 4.79. The molecule has 0 rings (SSSR count). The molecule has 0 amide bonds. The van der Waals surface area contributed by atoms with Crippen LogP contribution in [-0.2, 0) is 4.74 Å². The summed E-state index contributed by atoms with van der Waals surface area (Å²) in [6, 6.07) is 0. The zero-order chi connectivity index (χ0) is 9.07. The first-order chi connectivity index (χ1) is 4.91. The van der Waals surface area contributed by atoms with E-state index in [1.807, 2.05) is 27.7 Å². The van der Waals surface area contributed by atoms with Gasteiger partial charge in [0.2, 0.25) is 0 Å². The maximum absolute atomic E-state index is 9.71. The molecule has 0 saturated heterocycles. The van der Waals surface area contributed by atoms with Gasteiger partial charge in [-0.15, -0.1) is 0 Å².